The number of nitrogens with zero attached hydrogens (tertiary/aromatic N) is 1. The summed E-state index contributed by atoms with van der Waals surface area (Å²) >= 11 is 0.885. The number of rotatable bonds is 6. The second-order valence-electron chi connectivity index (χ2n) is 6.35. The lowest BCUT2D eigenvalue weighted by molar-refractivity contribution is -0.116. The van der Waals surface area contributed by atoms with Crippen molar-refractivity contribution in [3.63, 3.8) is 0 Å². The maximum atomic E-state index is 12.5. The predicted molar refractivity (Wildman–Crippen MR) is 107 cm³/mol. The first-order valence-electron chi connectivity index (χ1n) is 8.85. The van der Waals surface area contributed by atoms with Crippen LogP contribution in [0.25, 0.3) is 0 Å². The number of ether oxygens (including phenoxy) is 2. The summed E-state index contributed by atoms with van der Waals surface area (Å²) in [5, 5.41) is 2.69. The van der Waals surface area contributed by atoms with E-state index in [4.69, 9.17) is 9.47 Å². The number of benzene rings is 1. The molecule has 9 nitrogen and oxygen atoms in total. The van der Waals surface area contributed by atoms with Crippen LogP contribution in [0, 0.1) is 6.92 Å². The largest absolute Gasteiger partial charge is 0.465 e. The third kappa shape index (κ3) is 3.69. The first-order chi connectivity index (χ1) is 14.3. The molecule has 1 aliphatic rings. The van der Waals surface area contributed by atoms with Crippen LogP contribution in [-0.4, -0.2) is 55.3 Å². The molecule has 156 valence electrons. The smallest absolute Gasteiger partial charge is 0.348 e. The molecule has 0 saturated carbocycles. The van der Waals surface area contributed by atoms with E-state index in [1.165, 1.54) is 14.2 Å². The van der Waals surface area contributed by atoms with Crippen molar-refractivity contribution in [2.24, 2.45) is 0 Å². The summed E-state index contributed by atoms with van der Waals surface area (Å²) in [6.45, 7) is 1.42. The molecule has 2 aromatic rings. The lowest BCUT2D eigenvalue weighted by atomic mass is 10.1. The van der Waals surface area contributed by atoms with Gasteiger partial charge in [0.15, 0.2) is 0 Å². The van der Waals surface area contributed by atoms with E-state index in [-0.39, 0.29) is 28.4 Å². The first-order valence-corrected chi connectivity index (χ1v) is 9.66. The Morgan fingerprint density at radius 2 is 1.57 bits per heavy atom. The molecule has 3 rings (SSSR count). The summed E-state index contributed by atoms with van der Waals surface area (Å²) in [7, 11) is 2.39. The van der Waals surface area contributed by atoms with E-state index in [0.717, 1.165) is 16.2 Å². The molecule has 0 fully saturated rings. The number of carbonyl (C=O) groups excluding carboxylic acids is 5. The van der Waals surface area contributed by atoms with Crippen molar-refractivity contribution in [1.82, 2.24) is 4.90 Å². The highest BCUT2D eigenvalue weighted by molar-refractivity contribution is 7.18. The Morgan fingerprint density at radius 3 is 2.10 bits per heavy atom. The number of hydrogen-bond donors (Lipinski definition) is 1. The molecule has 1 aromatic heterocycles. The summed E-state index contributed by atoms with van der Waals surface area (Å²) in [5.41, 5.74) is 0.978. The Hall–Kier alpha value is -3.53. The predicted octanol–water partition coefficient (Wildman–Crippen LogP) is 2.25. The van der Waals surface area contributed by atoms with Gasteiger partial charge >= 0.3 is 11.9 Å². The first kappa shape index (κ1) is 21.2. The number of imide groups is 1. The van der Waals surface area contributed by atoms with Crippen LogP contribution in [0.1, 0.15) is 52.7 Å². The summed E-state index contributed by atoms with van der Waals surface area (Å²) in [5.74, 6) is -2.81. The van der Waals surface area contributed by atoms with Gasteiger partial charge in [0, 0.05) is 13.0 Å². The SMILES string of the molecule is COC(=O)c1sc(NC(=O)CCN2C(=O)c3ccccc3C2=O)c(C(=O)OC)c1C. The van der Waals surface area contributed by atoms with Crippen LogP contribution in [0.5, 0.6) is 0 Å². The van der Waals surface area contributed by atoms with Crippen LogP contribution >= 0.6 is 11.3 Å². The average molecular weight is 430 g/mol. The zero-order chi connectivity index (χ0) is 22.0. The fraction of sp³-hybridized carbons (Fsp3) is 0.250. The third-order valence-corrected chi connectivity index (χ3v) is 5.79. The highest BCUT2D eigenvalue weighted by Crippen LogP contribution is 2.34. The number of fused-ring (bicyclic) bond motifs is 1. The van der Waals surface area contributed by atoms with Gasteiger partial charge in [0.2, 0.25) is 5.91 Å². The zero-order valence-electron chi connectivity index (χ0n) is 16.4. The van der Waals surface area contributed by atoms with Crippen molar-refractivity contribution < 1.29 is 33.4 Å². The summed E-state index contributed by atoms with van der Waals surface area (Å²) < 4.78 is 9.44. The summed E-state index contributed by atoms with van der Waals surface area (Å²) in [4.78, 5) is 62.4. The molecule has 0 atom stereocenters. The molecular weight excluding hydrogens is 412 g/mol. The van der Waals surface area contributed by atoms with Crippen LogP contribution < -0.4 is 5.32 Å². The van der Waals surface area contributed by atoms with Crippen LogP contribution in [0.15, 0.2) is 24.3 Å². The minimum Gasteiger partial charge on any atom is -0.465 e. The lowest BCUT2D eigenvalue weighted by Crippen LogP contribution is -2.32. The van der Waals surface area contributed by atoms with Crippen molar-refractivity contribution in [2.75, 3.05) is 26.1 Å². The van der Waals surface area contributed by atoms with E-state index in [0.29, 0.717) is 16.7 Å². The number of anilines is 1. The van der Waals surface area contributed by atoms with Gasteiger partial charge in [-0.1, -0.05) is 12.1 Å². The summed E-state index contributed by atoms with van der Waals surface area (Å²) in [6, 6.07) is 6.43. The molecule has 1 aromatic carbocycles. The zero-order valence-corrected chi connectivity index (χ0v) is 17.3. The fourth-order valence-corrected chi connectivity index (χ4v) is 4.21. The van der Waals surface area contributed by atoms with Gasteiger partial charge in [0.05, 0.1) is 30.9 Å². The van der Waals surface area contributed by atoms with E-state index >= 15 is 0 Å². The number of nitrogens with one attached hydrogen (secondary N) is 1. The van der Waals surface area contributed by atoms with Gasteiger partial charge in [-0.25, -0.2) is 9.59 Å². The molecule has 3 amide bonds. The van der Waals surface area contributed by atoms with Crippen LogP contribution in [0.3, 0.4) is 0 Å². The number of methoxy groups -OCH3 is 2. The van der Waals surface area contributed by atoms with Gasteiger partial charge in [0.25, 0.3) is 11.8 Å². The highest BCUT2D eigenvalue weighted by Gasteiger charge is 2.35. The maximum Gasteiger partial charge on any atom is 0.348 e. The van der Waals surface area contributed by atoms with Crippen LogP contribution in [0.4, 0.5) is 5.00 Å². The van der Waals surface area contributed by atoms with Gasteiger partial charge < -0.3 is 14.8 Å². The molecule has 0 unspecified atom stereocenters. The van der Waals surface area contributed by atoms with Crippen molar-refractivity contribution in [3.05, 3.63) is 51.4 Å². The molecule has 0 bridgehead atoms. The molecule has 0 spiro atoms. The molecule has 0 saturated heterocycles. The molecule has 0 radical (unpaired) electrons. The number of thiophene rings is 1. The minimum atomic E-state index is -0.713. The van der Waals surface area contributed by atoms with E-state index in [1.54, 1.807) is 31.2 Å². The molecule has 1 aliphatic heterocycles. The number of amides is 3. The van der Waals surface area contributed by atoms with Gasteiger partial charge in [-0.15, -0.1) is 11.3 Å². The maximum absolute atomic E-state index is 12.5. The summed E-state index contributed by atoms with van der Waals surface area (Å²) in [6.07, 6.45) is -0.184. The number of esters is 2. The van der Waals surface area contributed by atoms with Crippen molar-refractivity contribution in [1.29, 1.82) is 0 Å². The van der Waals surface area contributed by atoms with Gasteiger partial charge in [-0.05, 0) is 24.6 Å². The molecule has 1 N–H and O–H groups in total. The quantitative estimate of drug-likeness (QED) is 0.551. The van der Waals surface area contributed by atoms with Crippen LogP contribution in [-0.2, 0) is 14.3 Å². The van der Waals surface area contributed by atoms with Crippen LogP contribution in [0.2, 0.25) is 0 Å². The van der Waals surface area contributed by atoms with Gasteiger partial charge in [-0.3, -0.25) is 19.3 Å². The number of carbonyl (C=O) groups is 5. The van der Waals surface area contributed by atoms with E-state index in [1.807, 2.05) is 0 Å². The Morgan fingerprint density at radius 1 is 1.00 bits per heavy atom. The molecule has 0 aliphatic carbocycles. The third-order valence-electron chi connectivity index (χ3n) is 4.60. The standard InChI is InChI=1S/C20H18N2O7S/c1-10-14(19(26)28-2)16(30-15(10)20(27)29-3)21-13(23)8-9-22-17(24)11-6-4-5-7-12(11)18(22)25/h4-7H,8-9H2,1-3H3,(H,21,23). The molecular formula is C20H18N2O7S. The number of hydrogen-bond acceptors (Lipinski definition) is 8. The fourth-order valence-electron chi connectivity index (χ4n) is 3.08. The lowest BCUT2D eigenvalue weighted by Gasteiger charge is -2.13. The van der Waals surface area contributed by atoms with Crippen molar-refractivity contribution >= 4 is 46.0 Å². The Balaban J connectivity index is 1.74. The molecule has 30 heavy (non-hydrogen) atoms. The molecule has 2 heterocycles. The second kappa shape index (κ2) is 8.46. The Kier molecular flexibility index (Phi) is 5.97. The Labute approximate surface area is 175 Å². The van der Waals surface area contributed by atoms with E-state index < -0.39 is 29.7 Å². The molecule has 10 heteroatoms. The highest BCUT2D eigenvalue weighted by atomic mass is 32.1. The van der Waals surface area contributed by atoms with Crippen molar-refractivity contribution in [3.8, 4) is 0 Å². The second-order valence-corrected chi connectivity index (χ2v) is 7.37. The minimum absolute atomic E-state index is 0.0528. The topological polar surface area (TPSA) is 119 Å². The van der Waals surface area contributed by atoms with E-state index in [2.05, 4.69) is 5.32 Å². The van der Waals surface area contributed by atoms with Crippen molar-refractivity contribution in [2.45, 2.75) is 13.3 Å². The van der Waals surface area contributed by atoms with Gasteiger partial charge in [-0.2, -0.15) is 0 Å². The monoisotopic (exact) mass is 430 g/mol. The normalized spacial score (nSPS) is 12.6. The average Bonchev–Trinajstić information content (AvgIpc) is 3.19. The van der Waals surface area contributed by atoms with E-state index in [9.17, 15) is 24.0 Å². The van der Waals surface area contributed by atoms with Gasteiger partial charge in [0.1, 0.15) is 9.88 Å². The Bertz CT molecular complexity index is 1040.